The minimum Gasteiger partial charge on any atom is -0.301 e. The topological polar surface area (TPSA) is 73.2 Å². The van der Waals surface area contributed by atoms with Gasteiger partial charge < -0.3 is 5.32 Å². The second kappa shape index (κ2) is 5.45. The Morgan fingerprint density at radius 2 is 2.05 bits per heavy atom. The number of benzene rings is 1. The molecule has 7 heteroatoms. The molecule has 0 bridgehead atoms. The number of rotatable bonds is 2. The number of fused-ring (bicyclic) bond motifs is 1. The van der Waals surface area contributed by atoms with E-state index in [1.165, 1.54) is 4.31 Å². The highest BCUT2D eigenvalue weighted by molar-refractivity contribution is 7.89. The second-order valence-electron chi connectivity index (χ2n) is 5.64. The fraction of sp³-hybridized carbons (Fsp3) is 0.500. The molecule has 1 aromatic rings. The number of nitrogens with zero attached hydrogens (tertiary/aromatic N) is 2. The van der Waals surface area contributed by atoms with Crippen LogP contribution in [0.25, 0.3) is 0 Å². The smallest absolute Gasteiger partial charge is 0.244 e. The summed E-state index contributed by atoms with van der Waals surface area (Å²) in [5.41, 5.74) is 0. The zero-order valence-corrected chi connectivity index (χ0v) is 12.3. The monoisotopic (exact) mass is 301 g/mol. The summed E-state index contributed by atoms with van der Waals surface area (Å²) < 4.78 is 27.0. The predicted molar refractivity (Wildman–Crippen MR) is 78.8 cm³/mol. The molecule has 3 rings (SSSR count). The lowest BCUT2D eigenvalue weighted by atomic mass is 9.74. The van der Waals surface area contributed by atoms with Crippen LogP contribution in [0.5, 0.6) is 0 Å². The van der Waals surface area contributed by atoms with E-state index < -0.39 is 10.0 Å². The molecule has 0 spiro atoms. The molecule has 0 aliphatic carbocycles. The molecule has 21 heavy (non-hydrogen) atoms. The SMILES string of the molecule is [B]C1CNC2C(C1)C(C#N)CN2S(=O)(=O)c1ccccc1. The predicted octanol–water partition coefficient (Wildman–Crippen LogP) is 0.723. The van der Waals surface area contributed by atoms with Gasteiger partial charge in [0.1, 0.15) is 0 Å². The standard InChI is InChI=1S/C14H16BN3O2S/c15-11-6-13-10(7-16)9-18(14(13)17-8-11)21(19,20)12-4-2-1-3-5-12/h1-5,10-11,13-14,17H,6,8-9H2. The lowest BCUT2D eigenvalue weighted by Crippen LogP contribution is -2.51. The van der Waals surface area contributed by atoms with E-state index in [2.05, 4.69) is 11.4 Å². The van der Waals surface area contributed by atoms with Crippen LogP contribution in [0.2, 0.25) is 5.82 Å². The number of hydrogen-bond acceptors (Lipinski definition) is 4. The van der Waals surface area contributed by atoms with Crippen molar-refractivity contribution in [3.63, 3.8) is 0 Å². The van der Waals surface area contributed by atoms with Gasteiger partial charge in [0.2, 0.25) is 10.0 Å². The first-order chi connectivity index (χ1) is 10.0. The Balaban J connectivity index is 1.94. The van der Waals surface area contributed by atoms with Crippen LogP contribution in [0.3, 0.4) is 0 Å². The number of sulfonamides is 1. The van der Waals surface area contributed by atoms with Gasteiger partial charge in [-0.1, -0.05) is 30.4 Å². The Morgan fingerprint density at radius 3 is 2.71 bits per heavy atom. The van der Waals surface area contributed by atoms with Gasteiger partial charge in [0.15, 0.2) is 0 Å². The van der Waals surface area contributed by atoms with Gasteiger partial charge in [0.05, 0.1) is 30.9 Å². The highest BCUT2D eigenvalue weighted by Gasteiger charge is 2.49. The molecule has 2 aliphatic rings. The highest BCUT2D eigenvalue weighted by Crippen LogP contribution is 2.39. The number of hydrogen-bond donors (Lipinski definition) is 1. The van der Waals surface area contributed by atoms with E-state index in [9.17, 15) is 13.7 Å². The summed E-state index contributed by atoms with van der Waals surface area (Å²) in [7, 11) is 2.34. The molecule has 1 N–H and O–H groups in total. The van der Waals surface area contributed by atoms with E-state index in [-0.39, 0.29) is 35.3 Å². The van der Waals surface area contributed by atoms with E-state index >= 15 is 0 Å². The summed E-state index contributed by atoms with van der Waals surface area (Å²) in [5, 5.41) is 12.5. The van der Waals surface area contributed by atoms with Gasteiger partial charge in [-0.2, -0.15) is 9.57 Å². The van der Waals surface area contributed by atoms with Crippen molar-refractivity contribution in [2.45, 2.75) is 23.3 Å². The fourth-order valence-electron chi connectivity index (χ4n) is 3.24. The Kier molecular flexibility index (Phi) is 3.78. The third kappa shape index (κ3) is 2.48. The third-order valence-electron chi connectivity index (χ3n) is 4.29. The number of nitrogens with one attached hydrogen (secondary N) is 1. The first kappa shape index (κ1) is 14.6. The van der Waals surface area contributed by atoms with Gasteiger partial charge in [-0.15, -0.1) is 0 Å². The van der Waals surface area contributed by atoms with E-state index in [0.717, 1.165) is 0 Å². The molecule has 108 valence electrons. The summed E-state index contributed by atoms with van der Waals surface area (Å²) in [6, 6.07) is 10.6. The minimum absolute atomic E-state index is 0.0264. The van der Waals surface area contributed by atoms with E-state index in [1.54, 1.807) is 30.3 Å². The Hall–Kier alpha value is -1.36. The highest BCUT2D eigenvalue weighted by atomic mass is 32.2. The maximum absolute atomic E-state index is 12.8. The van der Waals surface area contributed by atoms with Crippen LogP contribution < -0.4 is 5.32 Å². The molecule has 2 aliphatic heterocycles. The molecular weight excluding hydrogens is 285 g/mol. The van der Waals surface area contributed by atoms with Gasteiger partial charge in [-0.25, -0.2) is 8.42 Å². The summed E-state index contributed by atoms with van der Waals surface area (Å²) in [4.78, 5) is 0.263. The Bertz CT molecular complexity index is 659. The van der Waals surface area contributed by atoms with Crippen LogP contribution >= 0.6 is 0 Å². The molecule has 2 radical (unpaired) electrons. The van der Waals surface area contributed by atoms with Gasteiger partial charge >= 0.3 is 0 Å². The van der Waals surface area contributed by atoms with Gasteiger partial charge in [0.25, 0.3) is 0 Å². The molecule has 5 nitrogen and oxygen atoms in total. The van der Waals surface area contributed by atoms with Crippen molar-refractivity contribution in [2.24, 2.45) is 11.8 Å². The van der Waals surface area contributed by atoms with Crippen molar-refractivity contribution in [1.29, 1.82) is 5.26 Å². The van der Waals surface area contributed by atoms with Crippen molar-refractivity contribution in [3.8, 4) is 6.07 Å². The van der Waals surface area contributed by atoms with Crippen LogP contribution in [-0.4, -0.2) is 39.8 Å². The van der Waals surface area contributed by atoms with Gasteiger partial charge in [-0.3, -0.25) is 0 Å². The van der Waals surface area contributed by atoms with Crippen LogP contribution in [-0.2, 0) is 10.0 Å². The largest absolute Gasteiger partial charge is 0.301 e. The van der Waals surface area contributed by atoms with E-state index in [1.807, 2.05) is 0 Å². The average molecular weight is 301 g/mol. The molecule has 2 heterocycles. The minimum atomic E-state index is -3.59. The van der Waals surface area contributed by atoms with Crippen LogP contribution in [0.15, 0.2) is 35.2 Å². The molecule has 0 aromatic heterocycles. The molecular formula is C14H16BN3O2S. The van der Waals surface area contributed by atoms with Crippen molar-refractivity contribution >= 4 is 17.9 Å². The molecule has 4 atom stereocenters. The second-order valence-corrected chi connectivity index (χ2v) is 7.53. The van der Waals surface area contributed by atoms with Gasteiger partial charge in [0, 0.05) is 12.5 Å². The van der Waals surface area contributed by atoms with E-state index in [4.69, 9.17) is 7.85 Å². The molecule has 2 fully saturated rings. The average Bonchev–Trinajstić information content (AvgIpc) is 2.86. The summed E-state index contributed by atoms with van der Waals surface area (Å²) in [6.07, 6.45) is 0.344. The number of piperidine rings is 1. The maximum Gasteiger partial charge on any atom is 0.244 e. The Morgan fingerprint density at radius 1 is 1.33 bits per heavy atom. The molecule has 0 amide bonds. The first-order valence-electron chi connectivity index (χ1n) is 6.99. The van der Waals surface area contributed by atoms with E-state index in [0.29, 0.717) is 13.0 Å². The van der Waals surface area contributed by atoms with Crippen LogP contribution in [0.1, 0.15) is 6.42 Å². The van der Waals surface area contributed by atoms with Crippen LogP contribution in [0.4, 0.5) is 0 Å². The van der Waals surface area contributed by atoms with Crippen molar-refractivity contribution in [3.05, 3.63) is 30.3 Å². The normalized spacial score (nSPS) is 33.3. The summed E-state index contributed by atoms with van der Waals surface area (Å²) >= 11 is 0. The quantitative estimate of drug-likeness (QED) is 0.817. The van der Waals surface area contributed by atoms with Gasteiger partial charge in [-0.05, 0) is 18.7 Å². The first-order valence-corrected chi connectivity index (χ1v) is 8.43. The fourth-order valence-corrected chi connectivity index (χ4v) is 4.90. The molecule has 2 saturated heterocycles. The molecule has 1 aromatic carbocycles. The summed E-state index contributed by atoms with van der Waals surface area (Å²) in [5.74, 6) is -0.383. The maximum atomic E-state index is 12.8. The molecule has 4 unspecified atom stereocenters. The zero-order valence-electron chi connectivity index (χ0n) is 11.5. The lowest BCUT2D eigenvalue weighted by Gasteiger charge is -2.35. The van der Waals surface area contributed by atoms with Crippen molar-refractivity contribution < 1.29 is 8.42 Å². The Labute approximate surface area is 126 Å². The third-order valence-corrected chi connectivity index (χ3v) is 6.15. The zero-order chi connectivity index (χ0) is 15.0. The van der Waals surface area contributed by atoms with Crippen molar-refractivity contribution in [1.82, 2.24) is 9.62 Å². The van der Waals surface area contributed by atoms with Crippen molar-refractivity contribution in [2.75, 3.05) is 13.1 Å². The summed E-state index contributed by atoms with van der Waals surface area (Å²) in [6.45, 7) is 0.795. The van der Waals surface area contributed by atoms with Crippen LogP contribution in [0, 0.1) is 23.2 Å². The lowest BCUT2D eigenvalue weighted by molar-refractivity contribution is 0.227. The number of nitriles is 1. The molecule has 0 saturated carbocycles.